The molecule has 3 heterocycles. The third-order valence-corrected chi connectivity index (χ3v) is 5.00. The van der Waals surface area contributed by atoms with Crippen molar-refractivity contribution >= 4 is 17.2 Å². The largest absolute Gasteiger partial charge is 0.347 e. The van der Waals surface area contributed by atoms with Gasteiger partial charge in [0.1, 0.15) is 5.01 Å². The molecule has 2 bridgehead atoms. The molecule has 0 aliphatic carbocycles. The molecule has 98 valence electrons. The van der Waals surface area contributed by atoms with Gasteiger partial charge in [-0.15, -0.1) is 11.3 Å². The van der Waals surface area contributed by atoms with Crippen LogP contribution < -0.4 is 10.6 Å². The molecule has 2 aliphatic heterocycles. The summed E-state index contributed by atoms with van der Waals surface area (Å²) in [7, 11) is 0. The topological polar surface area (TPSA) is 54.0 Å². The normalized spacial score (nSPS) is 31.5. The van der Waals surface area contributed by atoms with Crippen molar-refractivity contribution < 1.29 is 4.79 Å². The molecule has 3 rings (SSSR count). The fraction of sp³-hybridized carbons (Fsp3) is 0.692. The van der Waals surface area contributed by atoms with E-state index < -0.39 is 0 Å². The van der Waals surface area contributed by atoms with Crippen molar-refractivity contribution in [2.45, 2.75) is 50.7 Å². The van der Waals surface area contributed by atoms with Crippen molar-refractivity contribution in [3.8, 4) is 0 Å². The van der Waals surface area contributed by atoms with Crippen molar-refractivity contribution in [1.29, 1.82) is 0 Å². The molecular formula is C13H19N3OS. The van der Waals surface area contributed by atoms with E-state index in [1.54, 1.807) is 17.5 Å². The number of hydrogen-bond acceptors (Lipinski definition) is 4. The molecule has 2 fully saturated rings. The van der Waals surface area contributed by atoms with Gasteiger partial charge in [-0.3, -0.25) is 4.79 Å². The number of carbonyl (C=O) groups is 1. The van der Waals surface area contributed by atoms with Gasteiger partial charge in [-0.2, -0.15) is 0 Å². The second-order valence-electron chi connectivity index (χ2n) is 5.23. The number of nitrogens with one attached hydrogen (secondary N) is 2. The highest BCUT2D eigenvalue weighted by molar-refractivity contribution is 7.09. The van der Waals surface area contributed by atoms with Crippen LogP contribution in [-0.4, -0.2) is 23.0 Å². The van der Waals surface area contributed by atoms with Crippen molar-refractivity contribution in [3.63, 3.8) is 0 Å². The van der Waals surface area contributed by atoms with Gasteiger partial charge in [0.2, 0.25) is 5.91 Å². The Morgan fingerprint density at radius 1 is 1.67 bits per heavy atom. The molecule has 0 saturated carbocycles. The van der Waals surface area contributed by atoms with Gasteiger partial charge in [0.15, 0.2) is 0 Å². The molecule has 18 heavy (non-hydrogen) atoms. The molecule has 2 N–H and O–H groups in total. The summed E-state index contributed by atoms with van der Waals surface area (Å²) >= 11 is 1.61. The summed E-state index contributed by atoms with van der Waals surface area (Å²) in [5, 5.41) is 9.65. The molecule has 0 spiro atoms. The van der Waals surface area contributed by atoms with Crippen molar-refractivity contribution in [2.75, 3.05) is 0 Å². The van der Waals surface area contributed by atoms with Crippen molar-refractivity contribution in [2.24, 2.45) is 5.92 Å². The Kier molecular flexibility index (Phi) is 3.35. The number of aromatic nitrogens is 1. The molecule has 0 radical (unpaired) electrons. The minimum absolute atomic E-state index is 0.0802. The zero-order valence-corrected chi connectivity index (χ0v) is 11.4. The van der Waals surface area contributed by atoms with Crippen molar-refractivity contribution in [3.05, 3.63) is 16.6 Å². The summed E-state index contributed by atoms with van der Waals surface area (Å²) in [6, 6.07) is 1.06. The van der Waals surface area contributed by atoms with Crippen LogP contribution in [-0.2, 0) is 4.79 Å². The Balaban J connectivity index is 1.63. The van der Waals surface area contributed by atoms with Gasteiger partial charge >= 0.3 is 0 Å². The summed E-state index contributed by atoms with van der Waals surface area (Å²) < 4.78 is 0. The number of hydrogen-bond donors (Lipinski definition) is 2. The first-order chi connectivity index (χ1) is 8.78. The molecule has 1 aromatic heterocycles. The lowest BCUT2D eigenvalue weighted by Gasteiger charge is -2.22. The van der Waals surface area contributed by atoms with Crippen LogP contribution in [0.15, 0.2) is 11.6 Å². The average Bonchev–Trinajstić information content (AvgIpc) is 3.10. The Labute approximate surface area is 111 Å². The summed E-state index contributed by atoms with van der Waals surface area (Å²) in [6.45, 7) is 2.09. The third kappa shape index (κ3) is 2.17. The van der Waals surface area contributed by atoms with E-state index in [0.717, 1.165) is 24.3 Å². The molecule has 5 heteroatoms. The lowest BCUT2D eigenvalue weighted by Crippen LogP contribution is -2.39. The Bertz CT molecular complexity index is 420. The quantitative estimate of drug-likeness (QED) is 0.873. The minimum Gasteiger partial charge on any atom is -0.347 e. The van der Waals surface area contributed by atoms with Crippen molar-refractivity contribution in [1.82, 2.24) is 15.6 Å². The zero-order chi connectivity index (χ0) is 12.5. The number of thiazole rings is 1. The molecule has 0 aromatic carbocycles. The second kappa shape index (κ2) is 4.97. The summed E-state index contributed by atoms with van der Waals surface area (Å²) in [5.74, 6) is 0.370. The van der Waals surface area contributed by atoms with Gasteiger partial charge in [-0.05, 0) is 25.7 Å². The fourth-order valence-electron chi connectivity index (χ4n) is 3.14. The molecular weight excluding hydrogens is 246 g/mol. The molecule has 4 nitrogen and oxygen atoms in total. The number of rotatable bonds is 4. The zero-order valence-electron chi connectivity index (χ0n) is 10.6. The highest BCUT2D eigenvalue weighted by Gasteiger charge is 2.43. The highest BCUT2D eigenvalue weighted by atomic mass is 32.1. The van der Waals surface area contributed by atoms with Gasteiger partial charge in [0.05, 0.1) is 12.0 Å². The van der Waals surface area contributed by atoms with E-state index in [-0.39, 0.29) is 17.9 Å². The summed E-state index contributed by atoms with van der Waals surface area (Å²) in [4.78, 5) is 16.6. The SMILES string of the molecule is CCC(NC(=O)C1CC2CCC1N2)c1nccs1. The Hall–Kier alpha value is -0.940. The maximum absolute atomic E-state index is 12.3. The van der Waals surface area contributed by atoms with Crippen LogP contribution in [0.3, 0.4) is 0 Å². The molecule has 4 atom stereocenters. The smallest absolute Gasteiger partial charge is 0.225 e. The monoisotopic (exact) mass is 265 g/mol. The molecule has 4 unspecified atom stereocenters. The average molecular weight is 265 g/mol. The number of nitrogens with zero attached hydrogens (tertiary/aromatic N) is 1. The maximum atomic E-state index is 12.3. The van der Waals surface area contributed by atoms with Gasteiger partial charge in [0, 0.05) is 23.7 Å². The Morgan fingerprint density at radius 3 is 3.11 bits per heavy atom. The molecule has 1 amide bonds. The van der Waals surface area contributed by atoms with Crippen LogP contribution in [0, 0.1) is 5.92 Å². The van der Waals surface area contributed by atoms with Gasteiger partial charge in [-0.1, -0.05) is 6.92 Å². The first-order valence-electron chi connectivity index (χ1n) is 6.73. The van der Waals surface area contributed by atoms with Crippen LogP contribution in [0.2, 0.25) is 0 Å². The van der Waals surface area contributed by atoms with E-state index in [2.05, 4.69) is 22.5 Å². The lowest BCUT2D eigenvalue weighted by molar-refractivity contribution is -0.126. The van der Waals surface area contributed by atoms with Gasteiger partial charge in [0.25, 0.3) is 0 Å². The first-order valence-corrected chi connectivity index (χ1v) is 7.61. The van der Waals surface area contributed by atoms with E-state index in [4.69, 9.17) is 0 Å². The predicted molar refractivity (Wildman–Crippen MR) is 71.3 cm³/mol. The second-order valence-corrected chi connectivity index (χ2v) is 6.16. The predicted octanol–water partition coefficient (Wildman–Crippen LogP) is 1.85. The standard InChI is InChI=1S/C13H19N3OS/c1-2-10(13-14-5-6-18-13)16-12(17)9-7-8-3-4-11(9)15-8/h5-6,8-11,15H,2-4,7H2,1H3,(H,16,17). The third-order valence-electron chi connectivity index (χ3n) is 4.11. The van der Waals surface area contributed by atoms with E-state index in [1.165, 1.54) is 6.42 Å². The molecule has 2 saturated heterocycles. The highest BCUT2D eigenvalue weighted by Crippen LogP contribution is 2.34. The summed E-state index contributed by atoms with van der Waals surface area (Å²) in [6.07, 6.45) is 6.08. The summed E-state index contributed by atoms with van der Waals surface area (Å²) in [5.41, 5.74) is 0. The number of carbonyl (C=O) groups excluding carboxylic acids is 1. The van der Waals surface area contributed by atoms with E-state index >= 15 is 0 Å². The Morgan fingerprint density at radius 2 is 2.56 bits per heavy atom. The maximum Gasteiger partial charge on any atom is 0.225 e. The van der Waals surface area contributed by atoms with E-state index in [9.17, 15) is 4.79 Å². The van der Waals surface area contributed by atoms with Crippen LogP contribution in [0.25, 0.3) is 0 Å². The number of amides is 1. The van der Waals surface area contributed by atoms with Crippen LogP contribution in [0.1, 0.15) is 43.7 Å². The van der Waals surface area contributed by atoms with Gasteiger partial charge in [-0.25, -0.2) is 4.98 Å². The van der Waals surface area contributed by atoms with Crippen LogP contribution >= 0.6 is 11.3 Å². The number of fused-ring (bicyclic) bond motifs is 2. The van der Waals surface area contributed by atoms with E-state index in [0.29, 0.717) is 12.1 Å². The lowest BCUT2D eigenvalue weighted by atomic mass is 9.88. The fourth-order valence-corrected chi connectivity index (χ4v) is 3.91. The van der Waals surface area contributed by atoms with Crippen LogP contribution in [0.4, 0.5) is 0 Å². The van der Waals surface area contributed by atoms with Crippen LogP contribution in [0.5, 0.6) is 0 Å². The van der Waals surface area contributed by atoms with E-state index in [1.807, 2.05) is 5.38 Å². The first kappa shape index (κ1) is 12.1. The minimum atomic E-state index is 0.0802. The molecule has 1 aromatic rings. The van der Waals surface area contributed by atoms with Gasteiger partial charge < -0.3 is 10.6 Å². The molecule has 2 aliphatic rings.